The minimum absolute atomic E-state index is 0.366. The molecule has 1 fully saturated rings. The van der Waals surface area contributed by atoms with Crippen molar-refractivity contribution in [2.75, 3.05) is 5.75 Å². The summed E-state index contributed by atoms with van der Waals surface area (Å²) in [4.78, 5) is 1.38. The van der Waals surface area contributed by atoms with Crippen molar-refractivity contribution >= 4 is 11.8 Å². The highest BCUT2D eigenvalue weighted by atomic mass is 32.2. The molecule has 88 valence electrons. The van der Waals surface area contributed by atoms with Crippen LogP contribution in [0.2, 0.25) is 0 Å². The zero-order chi connectivity index (χ0) is 11.4. The molecule has 2 heteroatoms. The number of hydrogen-bond acceptors (Lipinski definition) is 2. The molecular weight excluding hydrogens is 214 g/mol. The lowest BCUT2D eigenvalue weighted by molar-refractivity contribution is 0.591. The van der Waals surface area contributed by atoms with Gasteiger partial charge in [0.15, 0.2) is 0 Å². The highest BCUT2D eigenvalue weighted by molar-refractivity contribution is 7.99. The third-order valence-corrected chi connectivity index (χ3v) is 4.55. The van der Waals surface area contributed by atoms with E-state index in [1.807, 2.05) is 11.8 Å². The van der Waals surface area contributed by atoms with Gasteiger partial charge in [-0.05, 0) is 37.3 Å². The van der Waals surface area contributed by atoms with E-state index < -0.39 is 0 Å². The normalized spacial score (nSPS) is 17.4. The van der Waals surface area contributed by atoms with Crippen molar-refractivity contribution < 1.29 is 0 Å². The van der Waals surface area contributed by atoms with Crippen molar-refractivity contribution in [3.63, 3.8) is 0 Å². The van der Waals surface area contributed by atoms with Gasteiger partial charge in [-0.15, -0.1) is 11.8 Å². The van der Waals surface area contributed by atoms with E-state index in [9.17, 15) is 0 Å². The Morgan fingerprint density at radius 2 is 2.12 bits per heavy atom. The Bertz CT molecular complexity index is 333. The van der Waals surface area contributed by atoms with Crippen molar-refractivity contribution in [1.82, 2.24) is 0 Å². The van der Waals surface area contributed by atoms with E-state index in [1.54, 1.807) is 0 Å². The average molecular weight is 235 g/mol. The third kappa shape index (κ3) is 3.84. The first-order chi connectivity index (χ1) is 7.75. The number of thioether (sulfide) groups is 1. The molecule has 0 spiro atoms. The van der Waals surface area contributed by atoms with Crippen LogP contribution in [0.1, 0.15) is 31.2 Å². The van der Waals surface area contributed by atoms with Gasteiger partial charge in [0.1, 0.15) is 0 Å². The average Bonchev–Trinajstić information content (AvgIpc) is 3.09. The Kier molecular flexibility index (Phi) is 4.30. The lowest BCUT2D eigenvalue weighted by atomic mass is 10.1. The highest BCUT2D eigenvalue weighted by Gasteiger charge is 2.21. The fourth-order valence-corrected chi connectivity index (χ4v) is 2.89. The second kappa shape index (κ2) is 5.74. The van der Waals surface area contributed by atoms with Crippen LogP contribution < -0.4 is 5.73 Å². The topological polar surface area (TPSA) is 26.0 Å². The highest BCUT2D eigenvalue weighted by Crippen LogP contribution is 2.34. The second-order valence-electron chi connectivity index (χ2n) is 4.86. The van der Waals surface area contributed by atoms with Crippen LogP contribution in [-0.2, 0) is 0 Å². The Balaban J connectivity index is 1.71. The van der Waals surface area contributed by atoms with Gasteiger partial charge in [-0.2, -0.15) is 0 Å². The Hall–Kier alpha value is -0.470. The van der Waals surface area contributed by atoms with E-state index in [2.05, 4.69) is 31.2 Å². The zero-order valence-corrected chi connectivity index (χ0v) is 10.8. The van der Waals surface area contributed by atoms with Crippen molar-refractivity contribution in [2.45, 2.75) is 43.5 Å². The first-order valence-corrected chi connectivity index (χ1v) is 7.18. The molecule has 1 aromatic carbocycles. The standard InChI is InChI=1S/C14H21NS/c1-11-4-2-3-5-14(11)16-10-13(15)9-8-12-6-7-12/h2-5,12-13H,6-10,15H2,1H3. The molecule has 0 saturated heterocycles. The maximum absolute atomic E-state index is 6.13. The van der Waals surface area contributed by atoms with Crippen molar-refractivity contribution in [3.05, 3.63) is 29.8 Å². The predicted octanol–water partition coefficient (Wildman–Crippen LogP) is 3.60. The van der Waals surface area contributed by atoms with Crippen LogP contribution in [0.3, 0.4) is 0 Å². The van der Waals surface area contributed by atoms with Gasteiger partial charge in [0.25, 0.3) is 0 Å². The molecule has 1 nitrogen and oxygen atoms in total. The van der Waals surface area contributed by atoms with E-state index in [0.29, 0.717) is 6.04 Å². The minimum Gasteiger partial charge on any atom is -0.327 e. The molecule has 0 bridgehead atoms. The van der Waals surface area contributed by atoms with Crippen molar-refractivity contribution in [3.8, 4) is 0 Å². The van der Waals surface area contributed by atoms with Crippen molar-refractivity contribution in [2.24, 2.45) is 11.7 Å². The molecule has 0 radical (unpaired) electrons. The van der Waals surface area contributed by atoms with Crippen LogP contribution >= 0.6 is 11.8 Å². The monoisotopic (exact) mass is 235 g/mol. The minimum atomic E-state index is 0.366. The van der Waals surface area contributed by atoms with Gasteiger partial charge in [0, 0.05) is 16.7 Å². The lowest BCUT2D eigenvalue weighted by Crippen LogP contribution is -2.22. The summed E-state index contributed by atoms with van der Waals surface area (Å²) in [7, 11) is 0. The molecule has 2 rings (SSSR count). The Labute approximate surface area is 103 Å². The summed E-state index contributed by atoms with van der Waals surface area (Å²) in [6.45, 7) is 2.16. The van der Waals surface area contributed by atoms with Gasteiger partial charge in [-0.25, -0.2) is 0 Å². The summed E-state index contributed by atoms with van der Waals surface area (Å²) in [5.74, 6) is 2.06. The first-order valence-electron chi connectivity index (χ1n) is 6.19. The molecule has 0 aromatic heterocycles. The summed E-state index contributed by atoms with van der Waals surface area (Å²) < 4.78 is 0. The fourth-order valence-electron chi connectivity index (χ4n) is 1.85. The van der Waals surface area contributed by atoms with Crippen LogP contribution in [-0.4, -0.2) is 11.8 Å². The van der Waals surface area contributed by atoms with Crippen LogP contribution in [0, 0.1) is 12.8 Å². The smallest absolute Gasteiger partial charge is 0.0134 e. The second-order valence-corrected chi connectivity index (χ2v) is 5.92. The predicted molar refractivity (Wildman–Crippen MR) is 71.8 cm³/mol. The van der Waals surface area contributed by atoms with Crippen LogP contribution in [0.15, 0.2) is 29.2 Å². The molecular formula is C14H21NS. The summed E-state index contributed by atoms with van der Waals surface area (Å²) in [6.07, 6.45) is 5.42. The van der Waals surface area contributed by atoms with Gasteiger partial charge in [0.2, 0.25) is 0 Å². The van der Waals surface area contributed by atoms with E-state index in [-0.39, 0.29) is 0 Å². The third-order valence-electron chi connectivity index (χ3n) is 3.19. The molecule has 1 aromatic rings. The largest absolute Gasteiger partial charge is 0.327 e. The van der Waals surface area contributed by atoms with Crippen LogP contribution in [0.25, 0.3) is 0 Å². The summed E-state index contributed by atoms with van der Waals surface area (Å²) in [6, 6.07) is 8.91. The van der Waals surface area contributed by atoms with Crippen molar-refractivity contribution in [1.29, 1.82) is 0 Å². The van der Waals surface area contributed by atoms with Crippen LogP contribution in [0.5, 0.6) is 0 Å². The van der Waals surface area contributed by atoms with E-state index in [4.69, 9.17) is 5.73 Å². The van der Waals surface area contributed by atoms with Gasteiger partial charge < -0.3 is 5.73 Å². The molecule has 1 aliphatic carbocycles. The molecule has 1 aliphatic rings. The Morgan fingerprint density at radius 1 is 1.38 bits per heavy atom. The number of benzene rings is 1. The zero-order valence-electron chi connectivity index (χ0n) is 9.99. The lowest BCUT2D eigenvalue weighted by Gasteiger charge is -2.11. The maximum Gasteiger partial charge on any atom is 0.0134 e. The van der Waals surface area contributed by atoms with Gasteiger partial charge in [0.05, 0.1) is 0 Å². The summed E-state index contributed by atoms with van der Waals surface area (Å²) in [5.41, 5.74) is 7.49. The molecule has 1 saturated carbocycles. The van der Waals surface area contributed by atoms with E-state index in [1.165, 1.54) is 36.1 Å². The summed E-state index contributed by atoms with van der Waals surface area (Å²) >= 11 is 1.90. The Morgan fingerprint density at radius 3 is 2.81 bits per heavy atom. The number of aryl methyl sites for hydroxylation is 1. The number of hydrogen-bond donors (Lipinski definition) is 1. The first kappa shape index (κ1) is 12.0. The number of nitrogens with two attached hydrogens (primary N) is 1. The molecule has 0 amide bonds. The molecule has 2 N–H and O–H groups in total. The SMILES string of the molecule is Cc1ccccc1SCC(N)CCC1CC1. The molecule has 1 unspecified atom stereocenters. The molecule has 0 heterocycles. The van der Waals surface area contributed by atoms with E-state index in [0.717, 1.165) is 11.7 Å². The van der Waals surface area contributed by atoms with Crippen LogP contribution in [0.4, 0.5) is 0 Å². The van der Waals surface area contributed by atoms with Gasteiger partial charge in [-0.1, -0.05) is 31.0 Å². The quantitative estimate of drug-likeness (QED) is 0.762. The molecule has 16 heavy (non-hydrogen) atoms. The summed E-state index contributed by atoms with van der Waals surface area (Å²) in [5, 5.41) is 0. The molecule has 0 aliphatic heterocycles. The van der Waals surface area contributed by atoms with Gasteiger partial charge >= 0.3 is 0 Å². The van der Waals surface area contributed by atoms with Gasteiger partial charge in [-0.3, -0.25) is 0 Å². The van der Waals surface area contributed by atoms with E-state index >= 15 is 0 Å². The molecule has 1 atom stereocenters. The number of rotatable bonds is 6. The maximum atomic E-state index is 6.13. The fraction of sp³-hybridized carbons (Fsp3) is 0.571.